The lowest BCUT2D eigenvalue weighted by Crippen LogP contribution is -2.23. The van der Waals surface area contributed by atoms with Crippen LogP contribution in [0.1, 0.15) is 20.3 Å². The van der Waals surface area contributed by atoms with E-state index in [9.17, 15) is 27.7 Å². The molecule has 0 bridgehead atoms. The monoisotopic (exact) mass is 481 g/mol. The molecule has 0 fully saturated rings. The molecule has 0 aliphatic rings. The molecule has 1 atom stereocenters. The number of aryl methyl sites for hydroxylation is 1. The fraction of sp³-hybridized carbons (Fsp3) is 0.263. The summed E-state index contributed by atoms with van der Waals surface area (Å²) in [4.78, 5) is 27.1. The smallest absolute Gasteiger partial charge is 0.306 e. The van der Waals surface area contributed by atoms with Gasteiger partial charge in [0.2, 0.25) is 21.7 Å². The van der Waals surface area contributed by atoms with Gasteiger partial charge in [0.15, 0.2) is 5.16 Å². The van der Waals surface area contributed by atoms with Crippen molar-refractivity contribution in [3.63, 3.8) is 0 Å². The number of nitro groups is 1. The lowest BCUT2D eigenvalue weighted by Gasteiger charge is -2.13. The van der Waals surface area contributed by atoms with Gasteiger partial charge in [0.05, 0.1) is 26.1 Å². The molecule has 0 spiro atoms. The molecule has 13 heteroatoms. The molecule has 10 nitrogen and oxygen atoms in total. The molecule has 1 unspecified atom stereocenters. The average Bonchev–Trinajstić information content (AvgIpc) is 3.05. The Labute approximate surface area is 187 Å². The molecule has 0 aliphatic carbocycles. The number of thioether (sulfide) groups is 1. The summed E-state index contributed by atoms with van der Waals surface area (Å²) < 4.78 is 38.7. The molecule has 0 aliphatic heterocycles. The van der Waals surface area contributed by atoms with Crippen LogP contribution in [-0.4, -0.2) is 34.0 Å². The Morgan fingerprint density at radius 3 is 2.69 bits per heavy atom. The normalized spacial score (nSPS) is 12.6. The summed E-state index contributed by atoms with van der Waals surface area (Å²) in [6.07, 6.45) is 0.774. The van der Waals surface area contributed by atoms with E-state index in [-0.39, 0.29) is 10.6 Å². The van der Waals surface area contributed by atoms with Gasteiger partial charge in [-0.3, -0.25) is 14.9 Å². The van der Waals surface area contributed by atoms with Crippen LogP contribution in [0.2, 0.25) is 0 Å². The minimum Gasteiger partial charge on any atom is -0.325 e. The van der Waals surface area contributed by atoms with Crippen LogP contribution in [0.4, 0.5) is 15.8 Å². The van der Waals surface area contributed by atoms with Gasteiger partial charge in [-0.05, 0) is 43.7 Å². The van der Waals surface area contributed by atoms with Crippen LogP contribution in [-0.2, 0) is 21.4 Å². The van der Waals surface area contributed by atoms with Gasteiger partial charge in [0.1, 0.15) is 0 Å². The fourth-order valence-electron chi connectivity index (χ4n) is 2.98. The number of nitrogens with zero attached hydrogens (tertiary/aromatic N) is 3. The number of aromatic nitrogens is 2. The SMILES string of the molecule is CCCn1c(SC(C)C(=O)Nc2ccc(F)c([N+](=O)[O-])c2)nc2cc(S(N)(=O)=O)ccc21. The van der Waals surface area contributed by atoms with E-state index in [1.165, 1.54) is 18.2 Å². The van der Waals surface area contributed by atoms with Gasteiger partial charge in [-0.15, -0.1) is 0 Å². The third-order valence-corrected chi connectivity index (χ3v) is 6.52. The van der Waals surface area contributed by atoms with Gasteiger partial charge >= 0.3 is 5.69 Å². The second kappa shape index (κ2) is 9.22. The number of fused-ring (bicyclic) bond motifs is 1. The fourth-order valence-corrected chi connectivity index (χ4v) is 4.46. The van der Waals surface area contributed by atoms with Gasteiger partial charge in [-0.2, -0.15) is 4.39 Å². The van der Waals surface area contributed by atoms with Crippen molar-refractivity contribution < 1.29 is 22.5 Å². The maximum Gasteiger partial charge on any atom is 0.306 e. The molecule has 1 amide bonds. The van der Waals surface area contributed by atoms with Crippen molar-refractivity contribution in [2.24, 2.45) is 5.14 Å². The van der Waals surface area contributed by atoms with Crippen LogP contribution in [0, 0.1) is 15.9 Å². The van der Waals surface area contributed by atoms with E-state index >= 15 is 0 Å². The van der Waals surface area contributed by atoms with Gasteiger partial charge in [-0.1, -0.05) is 18.7 Å². The molecular formula is C19H20FN5O5S2. The Hall–Kier alpha value is -3.03. The number of hydrogen-bond acceptors (Lipinski definition) is 7. The zero-order chi connectivity index (χ0) is 23.6. The number of sulfonamides is 1. The van der Waals surface area contributed by atoms with Crippen LogP contribution in [0.25, 0.3) is 11.0 Å². The zero-order valence-corrected chi connectivity index (χ0v) is 18.7. The van der Waals surface area contributed by atoms with E-state index in [4.69, 9.17) is 5.14 Å². The first-order chi connectivity index (χ1) is 15.0. The van der Waals surface area contributed by atoms with Crippen molar-refractivity contribution in [1.29, 1.82) is 0 Å². The van der Waals surface area contributed by atoms with Crippen molar-refractivity contribution >= 4 is 50.1 Å². The maximum atomic E-state index is 13.5. The molecule has 3 N–H and O–H groups in total. The minimum absolute atomic E-state index is 0.0635. The van der Waals surface area contributed by atoms with E-state index in [0.717, 1.165) is 30.3 Å². The van der Waals surface area contributed by atoms with Crippen molar-refractivity contribution in [1.82, 2.24) is 9.55 Å². The summed E-state index contributed by atoms with van der Waals surface area (Å²) in [5.74, 6) is -1.46. The molecule has 1 aromatic heterocycles. The van der Waals surface area contributed by atoms with Crippen LogP contribution in [0.3, 0.4) is 0 Å². The summed E-state index contributed by atoms with van der Waals surface area (Å²) in [6.45, 7) is 4.19. The highest BCUT2D eigenvalue weighted by Gasteiger charge is 2.22. The first kappa shape index (κ1) is 23.6. The first-order valence-electron chi connectivity index (χ1n) is 9.45. The highest BCUT2D eigenvalue weighted by atomic mass is 32.2. The number of nitrogens with two attached hydrogens (primary N) is 1. The predicted molar refractivity (Wildman–Crippen MR) is 118 cm³/mol. The number of halogens is 1. The highest BCUT2D eigenvalue weighted by Crippen LogP contribution is 2.30. The largest absolute Gasteiger partial charge is 0.325 e. The number of nitrogens with one attached hydrogen (secondary N) is 1. The van der Waals surface area contributed by atoms with Crippen LogP contribution in [0.15, 0.2) is 46.5 Å². The summed E-state index contributed by atoms with van der Waals surface area (Å²) in [6, 6.07) is 7.49. The van der Waals surface area contributed by atoms with E-state index in [1.807, 2.05) is 11.5 Å². The molecule has 1 heterocycles. The van der Waals surface area contributed by atoms with Crippen molar-refractivity contribution in [3.05, 3.63) is 52.3 Å². The molecule has 0 radical (unpaired) electrons. The van der Waals surface area contributed by atoms with Crippen LogP contribution < -0.4 is 10.5 Å². The Morgan fingerprint density at radius 2 is 2.06 bits per heavy atom. The maximum absolute atomic E-state index is 13.5. The summed E-state index contributed by atoms with van der Waals surface area (Å²) >= 11 is 1.14. The summed E-state index contributed by atoms with van der Waals surface area (Å²) in [7, 11) is -3.89. The third kappa shape index (κ3) is 5.06. The van der Waals surface area contributed by atoms with Crippen molar-refractivity contribution in [2.75, 3.05) is 5.32 Å². The Morgan fingerprint density at radius 1 is 1.34 bits per heavy atom. The van der Waals surface area contributed by atoms with E-state index in [0.29, 0.717) is 22.7 Å². The van der Waals surface area contributed by atoms with Gasteiger partial charge in [-0.25, -0.2) is 18.5 Å². The lowest BCUT2D eigenvalue weighted by atomic mass is 10.2. The molecule has 0 saturated carbocycles. The predicted octanol–water partition coefficient (Wildman–Crippen LogP) is 3.26. The van der Waals surface area contributed by atoms with E-state index in [2.05, 4.69) is 10.3 Å². The standard InChI is InChI=1S/C19H20FN5O5S2/c1-3-8-24-16-7-5-13(32(21,29)30)10-15(16)23-19(24)31-11(2)18(26)22-12-4-6-14(20)17(9-12)25(27)28/h4-7,9-11H,3,8H2,1-2H3,(H,22,26)(H2,21,29,30). The number of rotatable bonds is 8. The second-order valence-corrected chi connectivity index (χ2v) is 9.78. The molecule has 32 heavy (non-hydrogen) atoms. The number of nitro benzene ring substituents is 1. The van der Waals surface area contributed by atoms with Gasteiger partial charge in [0.25, 0.3) is 0 Å². The first-order valence-corrected chi connectivity index (χ1v) is 11.9. The van der Waals surface area contributed by atoms with E-state index in [1.54, 1.807) is 13.0 Å². The number of imidazole rings is 1. The number of hydrogen-bond donors (Lipinski definition) is 2. The number of carbonyl (C=O) groups is 1. The quantitative estimate of drug-likeness (QED) is 0.285. The molecule has 3 aromatic rings. The average molecular weight is 482 g/mol. The Balaban J connectivity index is 1.86. The topological polar surface area (TPSA) is 150 Å². The van der Waals surface area contributed by atoms with Gasteiger partial charge < -0.3 is 9.88 Å². The summed E-state index contributed by atoms with van der Waals surface area (Å²) in [5.41, 5.74) is 0.478. The molecule has 0 saturated heterocycles. The van der Waals surface area contributed by atoms with Crippen molar-refractivity contribution in [2.45, 2.75) is 42.1 Å². The van der Waals surface area contributed by atoms with Crippen LogP contribution in [0.5, 0.6) is 0 Å². The molecule has 2 aromatic carbocycles. The Bertz CT molecular complexity index is 1310. The molecular weight excluding hydrogens is 461 g/mol. The van der Waals surface area contributed by atoms with Gasteiger partial charge in [0, 0.05) is 18.3 Å². The number of primary sulfonamides is 1. The second-order valence-electron chi connectivity index (χ2n) is 6.91. The minimum atomic E-state index is -3.89. The molecule has 170 valence electrons. The Kier molecular flexibility index (Phi) is 6.81. The summed E-state index contributed by atoms with van der Waals surface area (Å²) in [5, 5.41) is 18.5. The number of benzene rings is 2. The van der Waals surface area contributed by atoms with Crippen molar-refractivity contribution in [3.8, 4) is 0 Å². The van der Waals surface area contributed by atoms with E-state index < -0.39 is 37.6 Å². The number of anilines is 1. The lowest BCUT2D eigenvalue weighted by molar-refractivity contribution is -0.387. The third-order valence-electron chi connectivity index (χ3n) is 4.52. The van der Waals surface area contributed by atoms with Crippen LogP contribution >= 0.6 is 11.8 Å². The molecule has 3 rings (SSSR count). The highest BCUT2D eigenvalue weighted by molar-refractivity contribution is 8.00. The number of amides is 1. The zero-order valence-electron chi connectivity index (χ0n) is 17.1. The number of carbonyl (C=O) groups excluding carboxylic acids is 1.